The van der Waals surface area contributed by atoms with Gasteiger partial charge in [-0.3, -0.25) is 0 Å². The summed E-state index contributed by atoms with van der Waals surface area (Å²) in [5.41, 5.74) is 0. The molecule has 0 saturated heterocycles. The van der Waals surface area contributed by atoms with E-state index in [2.05, 4.69) is 109 Å². The van der Waals surface area contributed by atoms with E-state index in [4.69, 9.17) is 0 Å². The van der Waals surface area contributed by atoms with Crippen molar-refractivity contribution in [1.29, 1.82) is 0 Å². The highest BCUT2D eigenvalue weighted by atomic mass is 14.2. The van der Waals surface area contributed by atoms with Crippen molar-refractivity contribution < 1.29 is 0 Å². The Bertz CT molecular complexity index is 1790. The topological polar surface area (TPSA) is 0 Å². The average molecular weight is 378 g/mol. The molecule has 0 fully saturated rings. The van der Waals surface area contributed by atoms with E-state index >= 15 is 0 Å². The van der Waals surface area contributed by atoms with E-state index in [9.17, 15) is 0 Å². The van der Waals surface area contributed by atoms with Crippen LogP contribution >= 0.6 is 0 Å². The second-order valence-electron chi connectivity index (χ2n) is 8.12. The Morgan fingerprint density at radius 3 is 1.23 bits per heavy atom. The third-order valence-electron chi connectivity index (χ3n) is 6.61. The van der Waals surface area contributed by atoms with Crippen LogP contribution in [0.3, 0.4) is 0 Å². The largest absolute Gasteiger partial charge is 0.0616 e. The van der Waals surface area contributed by atoms with Gasteiger partial charge in [-0.05, 0) is 64.6 Å². The van der Waals surface area contributed by atoms with Crippen LogP contribution in [0.4, 0.5) is 0 Å². The fourth-order valence-corrected chi connectivity index (χ4v) is 5.30. The van der Waals surface area contributed by atoms with E-state index < -0.39 is 0 Å². The third kappa shape index (κ3) is 2.00. The van der Waals surface area contributed by atoms with Gasteiger partial charge in [-0.25, -0.2) is 0 Å². The Hall–Kier alpha value is -3.90. The summed E-state index contributed by atoms with van der Waals surface area (Å²) in [6.45, 7) is 0. The zero-order valence-electron chi connectivity index (χ0n) is 16.4. The van der Waals surface area contributed by atoms with Crippen molar-refractivity contribution in [3.63, 3.8) is 0 Å². The molecule has 0 heterocycles. The average Bonchev–Trinajstić information content (AvgIpc) is 2.83. The van der Waals surface area contributed by atoms with Crippen LogP contribution in [0.1, 0.15) is 0 Å². The minimum absolute atomic E-state index is 1.29. The fraction of sp³-hybridized carbons (Fsp3) is 0. The summed E-state index contributed by atoms with van der Waals surface area (Å²) in [4.78, 5) is 0. The number of benzene rings is 7. The molecular weight excluding hydrogens is 360 g/mol. The van der Waals surface area contributed by atoms with E-state index in [0.29, 0.717) is 0 Å². The second-order valence-corrected chi connectivity index (χ2v) is 8.12. The number of hydrogen-bond donors (Lipinski definition) is 0. The lowest BCUT2D eigenvalue weighted by Gasteiger charge is -2.15. The van der Waals surface area contributed by atoms with Gasteiger partial charge in [0, 0.05) is 0 Å². The van der Waals surface area contributed by atoms with Gasteiger partial charge in [-0.15, -0.1) is 0 Å². The molecule has 0 saturated carbocycles. The van der Waals surface area contributed by atoms with E-state index in [1.54, 1.807) is 0 Å². The maximum atomic E-state index is 2.33. The van der Waals surface area contributed by atoms with E-state index in [1.165, 1.54) is 64.6 Å². The monoisotopic (exact) mass is 378 g/mol. The molecule has 0 unspecified atom stereocenters. The summed E-state index contributed by atoms with van der Waals surface area (Å²) in [5.74, 6) is 0. The van der Waals surface area contributed by atoms with Gasteiger partial charge >= 0.3 is 0 Å². The molecule has 0 bridgehead atoms. The van der Waals surface area contributed by atoms with Crippen molar-refractivity contribution in [3.05, 3.63) is 109 Å². The Kier molecular flexibility index (Phi) is 3.09. The van der Waals surface area contributed by atoms with Gasteiger partial charge in [0.15, 0.2) is 0 Å². The molecule has 0 aromatic heterocycles. The normalized spacial score (nSPS) is 12.0. The van der Waals surface area contributed by atoms with Gasteiger partial charge in [-0.1, -0.05) is 109 Å². The summed E-state index contributed by atoms with van der Waals surface area (Å²) in [7, 11) is 0. The standard InChI is InChI=1S/C30H18/c1-3-9-21-19(7-1)13-15-27-25(21)17-18-28-24-12-6-5-11-23(24)26-16-14-20-8-2-4-10-22(20)29(26)30(27)28/h1-18H. The minimum Gasteiger partial charge on any atom is -0.0616 e. The maximum Gasteiger partial charge on any atom is -0.00139 e. The Morgan fingerprint density at radius 1 is 0.233 bits per heavy atom. The van der Waals surface area contributed by atoms with Crippen molar-refractivity contribution in [3.8, 4) is 0 Å². The molecule has 7 rings (SSSR count). The predicted molar refractivity (Wildman–Crippen MR) is 131 cm³/mol. The molecule has 0 aliphatic heterocycles. The molecular formula is C30H18. The lowest BCUT2D eigenvalue weighted by Crippen LogP contribution is -1.87. The van der Waals surface area contributed by atoms with Crippen molar-refractivity contribution in [2.45, 2.75) is 0 Å². The Morgan fingerprint density at radius 2 is 0.600 bits per heavy atom. The molecule has 0 atom stereocenters. The van der Waals surface area contributed by atoms with Gasteiger partial charge < -0.3 is 0 Å². The molecule has 0 aliphatic rings. The highest BCUT2D eigenvalue weighted by Gasteiger charge is 2.14. The number of rotatable bonds is 0. The first kappa shape index (κ1) is 16.0. The highest BCUT2D eigenvalue weighted by molar-refractivity contribution is 6.37. The lowest BCUT2D eigenvalue weighted by atomic mass is 9.88. The van der Waals surface area contributed by atoms with Crippen molar-refractivity contribution in [1.82, 2.24) is 0 Å². The van der Waals surface area contributed by atoms with E-state index in [0.717, 1.165) is 0 Å². The molecule has 138 valence electrons. The zero-order chi connectivity index (χ0) is 19.7. The van der Waals surface area contributed by atoms with Crippen LogP contribution in [0.15, 0.2) is 109 Å². The second kappa shape index (κ2) is 5.81. The van der Waals surface area contributed by atoms with Gasteiger partial charge in [0.25, 0.3) is 0 Å². The van der Waals surface area contributed by atoms with E-state index in [-0.39, 0.29) is 0 Å². The van der Waals surface area contributed by atoms with Crippen LogP contribution in [0.25, 0.3) is 64.6 Å². The van der Waals surface area contributed by atoms with E-state index in [1.807, 2.05) is 0 Å². The van der Waals surface area contributed by atoms with Crippen LogP contribution < -0.4 is 0 Å². The van der Waals surface area contributed by atoms with Gasteiger partial charge in [-0.2, -0.15) is 0 Å². The fourth-order valence-electron chi connectivity index (χ4n) is 5.30. The van der Waals surface area contributed by atoms with Crippen molar-refractivity contribution in [2.24, 2.45) is 0 Å². The smallest absolute Gasteiger partial charge is 0.00139 e. The molecule has 0 amide bonds. The Balaban J connectivity index is 1.89. The summed E-state index contributed by atoms with van der Waals surface area (Å²) in [6.07, 6.45) is 0. The number of hydrogen-bond acceptors (Lipinski definition) is 0. The first-order valence-electron chi connectivity index (χ1n) is 10.5. The first-order valence-corrected chi connectivity index (χ1v) is 10.5. The van der Waals surface area contributed by atoms with Crippen LogP contribution in [-0.4, -0.2) is 0 Å². The van der Waals surface area contributed by atoms with Gasteiger partial charge in [0.2, 0.25) is 0 Å². The molecule has 30 heavy (non-hydrogen) atoms. The van der Waals surface area contributed by atoms with Crippen LogP contribution in [0.5, 0.6) is 0 Å². The van der Waals surface area contributed by atoms with Gasteiger partial charge in [0.05, 0.1) is 0 Å². The van der Waals surface area contributed by atoms with Crippen LogP contribution in [0, 0.1) is 0 Å². The molecule has 0 spiro atoms. The van der Waals surface area contributed by atoms with Crippen LogP contribution in [0.2, 0.25) is 0 Å². The molecule has 7 aromatic rings. The molecule has 0 aliphatic carbocycles. The third-order valence-corrected chi connectivity index (χ3v) is 6.61. The molecule has 0 N–H and O–H groups in total. The molecule has 0 radical (unpaired) electrons. The highest BCUT2D eigenvalue weighted by Crippen LogP contribution is 2.42. The van der Waals surface area contributed by atoms with Crippen molar-refractivity contribution >= 4 is 64.6 Å². The first-order chi connectivity index (χ1) is 14.9. The summed E-state index contributed by atoms with van der Waals surface area (Å²) < 4.78 is 0. The molecule has 7 aromatic carbocycles. The number of fused-ring (bicyclic) bond motifs is 12. The molecule has 0 heteroatoms. The quantitative estimate of drug-likeness (QED) is 0.232. The molecule has 0 nitrogen and oxygen atoms in total. The van der Waals surface area contributed by atoms with Gasteiger partial charge in [0.1, 0.15) is 0 Å². The lowest BCUT2D eigenvalue weighted by molar-refractivity contribution is 1.78. The summed E-state index contributed by atoms with van der Waals surface area (Å²) in [5, 5.41) is 15.9. The van der Waals surface area contributed by atoms with Crippen LogP contribution in [-0.2, 0) is 0 Å². The SMILES string of the molecule is c1ccc2c(c1)ccc1c2ccc2c3ccccc3c3ccc4ccccc4c3c12. The summed E-state index contributed by atoms with van der Waals surface area (Å²) in [6, 6.07) is 40.1. The summed E-state index contributed by atoms with van der Waals surface area (Å²) >= 11 is 0. The Labute approximate surface area is 174 Å². The zero-order valence-corrected chi connectivity index (χ0v) is 16.4. The maximum absolute atomic E-state index is 2.33. The minimum atomic E-state index is 1.29. The van der Waals surface area contributed by atoms with Crippen molar-refractivity contribution in [2.75, 3.05) is 0 Å². The predicted octanol–water partition coefficient (Wildman–Crippen LogP) is 8.61.